The number of carboxylic acids is 1. The summed E-state index contributed by atoms with van der Waals surface area (Å²) in [6.07, 6.45) is 0. The van der Waals surface area contributed by atoms with Gasteiger partial charge in [0.1, 0.15) is 27.9 Å². The molecule has 0 saturated heterocycles. The number of esters is 1. The number of nitro groups is 2. The van der Waals surface area contributed by atoms with Gasteiger partial charge < -0.3 is 14.8 Å². The highest BCUT2D eigenvalue weighted by Gasteiger charge is 2.21. The number of aromatic amines is 1. The van der Waals surface area contributed by atoms with E-state index in [1.54, 1.807) is 43.3 Å². The van der Waals surface area contributed by atoms with Crippen LogP contribution in [0.1, 0.15) is 39.3 Å². The number of ether oxygens (including phenoxy) is 1. The van der Waals surface area contributed by atoms with E-state index in [4.69, 9.17) is 86.3 Å². The summed E-state index contributed by atoms with van der Waals surface area (Å²) < 4.78 is 4.67. The van der Waals surface area contributed by atoms with Gasteiger partial charge in [-0.15, -0.1) is 23.2 Å². The second-order valence-corrected chi connectivity index (χ2v) is 13.0. The summed E-state index contributed by atoms with van der Waals surface area (Å²) in [7, 11) is 0. The summed E-state index contributed by atoms with van der Waals surface area (Å²) in [6, 6.07) is 17.4. The molecule has 6 rings (SSSR count). The van der Waals surface area contributed by atoms with Crippen LogP contribution >= 0.6 is 81.2 Å². The summed E-state index contributed by atoms with van der Waals surface area (Å²) in [6.45, 7) is 1.79. The molecule has 56 heavy (non-hydrogen) atoms. The van der Waals surface area contributed by atoms with Crippen molar-refractivity contribution in [3.63, 3.8) is 0 Å². The zero-order valence-electron chi connectivity index (χ0n) is 28.1. The molecule has 0 fully saturated rings. The van der Waals surface area contributed by atoms with E-state index in [2.05, 4.69) is 24.7 Å². The van der Waals surface area contributed by atoms with Crippen LogP contribution in [0.15, 0.2) is 77.6 Å². The van der Waals surface area contributed by atoms with Crippen molar-refractivity contribution < 1.29 is 29.3 Å². The third-order valence-corrected chi connectivity index (χ3v) is 8.38. The highest BCUT2D eigenvalue weighted by Crippen LogP contribution is 2.26. The Morgan fingerprint density at radius 2 is 1.20 bits per heavy atom. The first-order valence-corrected chi connectivity index (χ1v) is 18.2. The minimum atomic E-state index is -1.34. The van der Waals surface area contributed by atoms with Gasteiger partial charge in [0, 0.05) is 37.6 Å². The Balaban J connectivity index is 0.000000200. The maximum absolute atomic E-state index is 11.5. The van der Waals surface area contributed by atoms with Crippen LogP contribution in [-0.4, -0.2) is 53.4 Å². The Kier molecular flexibility index (Phi) is 17.4. The molecule has 0 unspecified atom stereocenters. The van der Waals surface area contributed by atoms with Gasteiger partial charge in [0.2, 0.25) is 0 Å². The number of hydrogen-bond donors (Lipinski definition) is 2. The number of hydrogen-bond acceptors (Lipinski definition) is 11. The molecule has 0 amide bonds. The van der Waals surface area contributed by atoms with Gasteiger partial charge in [-0.05, 0) is 67.6 Å². The van der Waals surface area contributed by atoms with E-state index in [-0.39, 0.29) is 50.8 Å². The van der Waals surface area contributed by atoms with Gasteiger partial charge in [0.05, 0.1) is 44.6 Å². The quantitative estimate of drug-likeness (QED) is 0.0502. The number of fused-ring (bicyclic) bond motifs is 2. The molecule has 2 N–H and O–H groups in total. The monoisotopic (exact) mass is 904 g/mol. The van der Waals surface area contributed by atoms with Gasteiger partial charge in [0.15, 0.2) is 0 Å². The molecule has 22 heteroatoms. The highest BCUT2D eigenvalue weighted by molar-refractivity contribution is 6.35. The van der Waals surface area contributed by atoms with Crippen LogP contribution in [0.4, 0.5) is 11.4 Å². The van der Waals surface area contributed by atoms with Crippen molar-refractivity contribution in [2.75, 3.05) is 6.61 Å². The number of H-pyrrole nitrogens is 1. The number of rotatable bonds is 7. The molecule has 0 aliphatic heterocycles. The number of aromatic nitrogens is 4. The topological polar surface area (TPSA) is 221 Å². The van der Waals surface area contributed by atoms with Crippen LogP contribution in [0.2, 0.25) is 25.2 Å². The van der Waals surface area contributed by atoms with Crippen molar-refractivity contribution in [1.29, 1.82) is 0 Å². The molecule has 0 radical (unpaired) electrons. The number of carboxylic acid groups (broad SMARTS) is 1. The maximum atomic E-state index is 11.5. The van der Waals surface area contributed by atoms with E-state index in [1.165, 1.54) is 18.2 Å². The number of nitro benzene ring substituents is 2. The summed E-state index contributed by atoms with van der Waals surface area (Å²) in [5.41, 5.74) is -0.214. The number of benzene rings is 4. The van der Waals surface area contributed by atoms with Crippen molar-refractivity contribution >= 4 is 126 Å². The molecule has 6 aromatic rings. The third kappa shape index (κ3) is 12.8. The average Bonchev–Trinajstić information content (AvgIpc) is 3.14. The smallest absolute Gasteiger partial charge is 0.345 e. The lowest BCUT2D eigenvalue weighted by molar-refractivity contribution is -0.385. The minimum absolute atomic E-state index is 0.0914. The average molecular weight is 908 g/mol. The van der Waals surface area contributed by atoms with Crippen LogP contribution in [0.3, 0.4) is 0 Å². The minimum Gasteiger partial charge on any atom is -0.477 e. The standard InChI is InChI=1S/C9H5Cl3N2.C9H6Cl2N2O.C9H8ClNO4.C7H4ClNO4/c10-4-8-13-7-3-5(11)1-2-6(7)9(12)14-8;10-4-8-12-7-3-5(11)1-2-6(7)9(14)13-8;1-2-15-9(12)7-4-3-6(10)5-8(7)11(13)14;8-4-1-2-5(7(10)11)6(3-4)9(12)13/h1-3H,4H2;1-3H,4H2,(H,12,13,14);3-5H,2H2,1H3;1-3H,(H,10,11). The van der Waals surface area contributed by atoms with Gasteiger partial charge in [-0.25, -0.2) is 24.5 Å². The fraction of sp³-hybridized carbons (Fsp3) is 0.118. The van der Waals surface area contributed by atoms with Gasteiger partial charge >= 0.3 is 11.9 Å². The van der Waals surface area contributed by atoms with E-state index in [0.717, 1.165) is 23.6 Å². The molecule has 0 aliphatic carbocycles. The molecule has 15 nitrogen and oxygen atoms in total. The number of carbonyl (C=O) groups excluding carboxylic acids is 1. The number of alkyl halides is 2. The van der Waals surface area contributed by atoms with E-state index in [0.29, 0.717) is 43.3 Å². The Morgan fingerprint density at radius 3 is 1.70 bits per heavy atom. The van der Waals surface area contributed by atoms with E-state index in [1.807, 2.05) is 0 Å². The van der Waals surface area contributed by atoms with Crippen molar-refractivity contribution in [3.05, 3.63) is 151 Å². The normalized spacial score (nSPS) is 10.2. The molecule has 0 bridgehead atoms. The zero-order valence-corrected chi connectivity index (χ0v) is 33.4. The molecule has 0 aliphatic rings. The molecule has 0 saturated carbocycles. The lowest BCUT2D eigenvalue weighted by Crippen LogP contribution is -2.10. The lowest BCUT2D eigenvalue weighted by Gasteiger charge is -2.02. The zero-order chi connectivity index (χ0) is 41.7. The van der Waals surface area contributed by atoms with Crippen molar-refractivity contribution in [2.24, 2.45) is 0 Å². The van der Waals surface area contributed by atoms with Crippen molar-refractivity contribution in [2.45, 2.75) is 18.7 Å². The first-order valence-electron chi connectivity index (χ1n) is 15.2. The van der Waals surface area contributed by atoms with Gasteiger partial charge in [-0.1, -0.05) is 58.0 Å². The molecule has 0 spiro atoms. The first-order chi connectivity index (χ1) is 26.5. The fourth-order valence-corrected chi connectivity index (χ4v) is 5.44. The number of nitrogens with zero attached hydrogens (tertiary/aromatic N) is 5. The lowest BCUT2D eigenvalue weighted by atomic mass is 10.2. The second kappa shape index (κ2) is 21.4. The fourth-order valence-electron chi connectivity index (χ4n) is 4.27. The predicted molar refractivity (Wildman–Crippen MR) is 215 cm³/mol. The summed E-state index contributed by atoms with van der Waals surface area (Å²) >= 11 is 39.8. The van der Waals surface area contributed by atoms with Crippen LogP contribution in [0, 0.1) is 20.2 Å². The number of halogens is 7. The molecular weight excluding hydrogens is 885 g/mol. The first kappa shape index (κ1) is 45.5. The Morgan fingerprint density at radius 1 is 0.714 bits per heavy atom. The molecule has 2 heterocycles. The van der Waals surface area contributed by atoms with Gasteiger partial charge in [-0.2, -0.15) is 0 Å². The Bertz CT molecular complexity index is 2490. The Hall–Kier alpha value is -4.87. The number of aromatic carboxylic acids is 1. The number of nitrogens with one attached hydrogen (secondary N) is 1. The molecule has 292 valence electrons. The largest absolute Gasteiger partial charge is 0.477 e. The van der Waals surface area contributed by atoms with E-state index < -0.39 is 27.5 Å². The summed E-state index contributed by atoms with van der Waals surface area (Å²) in [4.78, 5) is 67.8. The summed E-state index contributed by atoms with van der Waals surface area (Å²) in [5.74, 6) is -0.693. The van der Waals surface area contributed by atoms with E-state index >= 15 is 0 Å². The van der Waals surface area contributed by atoms with Crippen LogP contribution < -0.4 is 5.56 Å². The van der Waals surface area contributed by atoms with Crippen LogP contribution in [0.25, 0.3) is 21.8 Å². The van der Waals surface area contributed by atoms with Crippen LogP contribution in [0.5, 0.6) is 0 Å². The highest BCUT2D eigenvalue weighted by atomic mass is 35.5. The molecule has 0 atom stereocenters. The van der Waals surface area contributed by atoms with Gasteiger partial charge in [0.25, 0.3) is 16.9 Å². The molecule has 2 aromatic heterocycles. The van der Waals surface area contributed by atoms with Crippen molar-refractivity contribution in [1.82, 2.24) is 19.9 Å². The SMILES string of the molecule is CCOC(=O)c1ccc(Cl)cc1[N+](=O)[O-].ClCc1nc(Cl)c2ccc(Cl)cc2n1.O=C(O)c1ccc(Cl)cc1[N+](=O)[O-].O=c1[nH]c(CCl)nc2cc(Cl)ccc12. The maximum Gasteiger partial charge on any atom is 0.345 e. The summed E-state index contributed by atoms with van der Waals surface area (Å²) in [5, 5.41) is 32.8. The Labute approximate surface area is 350 Å². The van der Waals surface area contributed by atoms with E-state index in [9.17, 15) is 34.6 Å². The number of carbonyl (C=O) groups is 2. The van der Waals surface area contributed by atoms with Gasteiger partial charge in [-0.3, -0.25) is 25.0 Å². The van der Waals surface area contributed by atoms with Crippen LogP contribution in [-0.2, 0) is 16.5 Å². The molecule has 4 aromatic carbocycles. The second-order valence-electron chi connectivity index (χ2n) is 10.4. The van der Waals surface area contributed by atoms with Crippen molar-refractivity contribution in [3.8, 4) is 0 Å². The predicted octanol–water partition coefficient (Wildman–Crippen LogP) is 10.4. The molecular formula is C34H23Cl7N6O9. The third-order valence-electron chi connectivity index (χ3n) is 6.66.